The van der Waals surface area contributed by atoms with Crippen molar-refractivity contribution in [2.75, 3.05) is 19.7 Å². The highest BCUT2D eigenvalue weighted by Crippen LogP contribution is 2.40. The van der Waals surface area contributed by atoms with Crippen LogP contribution in [0.25, 0.3) is 0 Å². The van der Waals surface area contributed by atoms with Crippen LogP contribution < -0.4 is 5.32 Å². The summed E-state index contributed by atoms with van der Waals surface area (Å²) in [5.74, 6) is -0.411. The van der Waals surface area contributed by atoms with Gasteiger partial charge in [0, 0.05) is 49.6 Å². The lowest BCUT2D eigenvalue weighted by molar-refractivity contribution is -0.139. The van der Waals surface area contributed by atoms with Gasteiger partial charge in [-0.05, 0) is 58.8 Å². The summed E-state index contributed by atoms with van der Waals surface area (Å²) in [7, 11) is 0. The van der Waals surface area contributed by atoms with Crippen LogP contribution in [-0.2, 0) is 9.53 Å². The minimum atomic E-state index is -1.74. The quantitative estimate of drug-likeness (QED) is 0.795. The van der Waals surface area contributed by atoms with Crippen molar-refractivity contribution < 1.29 is 18.7 Å². The molecule has 0 spiro atoms. The zero-order valence-electron chi connectivity index (χ0n) is 17.2. The topological polar surface area (TPSA) is 61.9 Å². The summed E-state index contributed by atoms with van der Waals surface area (Å²) < 4.78 is 20.5. The molecule has 7 heteroatoms. The molecule has 4 rings (SSSR count). The van der Waals surface area contributed by atoms with Crippen molar-refractivity contribution in [3.8, 4) is 0 Å². The zero-order valence-corrected chi connectivity index (χ0v) is 17.2. The van der Waals surface area contributed by atoms with E-state index < -0.39 is 11.6 Å². The zero-order chi connectivity index (χ0) is 19.9. The Labute approximate surface area is 167 Å². The third kappa shape index (κ3) is 3.62. The summed E-state index contributed by atoms with van der Waals surface area (Å²) in [6, 6.07) is 0.850. The molecule has 1 aliphatic carbocycles. The Morgan fingerprint density at radius 1 is 1.07 bits per heavy atom. The van der Waals surface area contributed by atoms with Crippen LogP contribution in [0.5, 0.6) is 0 Å². The third-order valence-corrected chi connectivity index (χ3v) is 7.57. The highest BCUT2D eigenvalue weighted by Gasteiger charge is 2.49. The first-order chi connectivity index (χ1) is 13.3. The summed E-state index contributed by atoms with van der Waals surface area (Å²) >= 11 is 0. The number of hydrogen-bond donors (Lipinski definition) is 1. The number of halogens is 1. The standard InChI is InChI=1S/C21H34FN3O3/c1-3-28-19(27)25-15-5-6-16(25)14-17(13-15)24-11-9-21(22,10-12-24)18(26)23-20(2)7-4-8-20/h15-17H,3-14H2,1-2H3,(H,23,26). The summed E-state index contributed by atoms with van der Waals surface area (Å²) in [4.78, 5) is 29.1. The van der Waals surface area contributed by atoms with Gasteiger partial charge in [0.1, 0.15) is 0 Å². The summed E-state index contributed by atoms with van der Waals surface area (Å²) in [5.41, 5.74) is -1.94. The number of fused-ring (bicyclic) bond motifs is 2. The van der Waals surface area contributed by atoms with E-state index in [0.717, 1.165) is 44.9 Å². The predicted molar refractivity (Wildman–Crippen MR) is 104 cm³/mol. The Bertz CT molecular complexity index is 602. The van der Waals surface area contributed by atoms with Gasteiger partial charge in [0.25, 0.3) is 5.91 Å². The average molecular weight is 396 g/mol. The molecule has 6 nitrogen and oxygen atoms in total. The minimum Gasteiger partial charge on any atom is -0.450 e. The van der Waals surface area contributed by atoms with Crippen LogP contribution in [0.2, 0.25) is 0 Å². The van der Waals surface area contributed by atoms with Crippen molar-refractivity contribution in [3.05, 3.63) is 0 Å². The molecule has 28 heavy (non-hydrogen) atoms. The molecule has 0 aromatic rings. The number of piperidine rings is 2. The molecule has 2 bridgehead atoms. The lowest BCUT2D eigenvalue weighted by atomic mass is 9.77. The fourth-order valence-corrected chi connectivity index (χ4v) is 5.63. The van der Waals surface area contributed by atoms with Gasteiger partial charge in [-0.15, -0.1) is 0 Å². The number of ether oxygens (including phenoxy) is 1. The molecule has 3 heterocycles. The molecule has 3 saturated heterocycles. The molecule has 0 aromatic carbocycles. The molecule has 2 atom stereocenters. The van der Waals surface area contributed by atoms with E-state index in [0.29, 0.717) is 25.7 Å². The van der Waals surface area contributed by atoms with Gasteiger partial charge in [-0.3, -0.25) is 9.69 Å². The van der Waals surface area contributed by atoms with Gasteiger partial charge in [0.05, 0.1) is 6.61 Å². The summed E-state index contributed by atoms with van der Waals surface area (Å²) in [6.07, 6.45) is 7.27. The third-order valence-electron chi connectivity index (χ3n) is 7.57. The van der Waals surface area contributed by atoms with E-state index >= 15 is 4.39 Å². The number of alkyl halides is 1. The van der Waals surface area contributed by atoms with Crippen LogP contribution in [-0.4, -0.2) is 70.8 Å². The van der Waals surface area contributed by atoms with Gasteiger partial charge in [0.2, 0.25) is 0 Å². The Hall–Kier alpha value is -1.37. The molecule has 2 unspecified atom stereocenters. The van der Waals surface area contributed by atoms with E-state index in [1.165, 1.54) is 0 Å². The van der Waals surface area contributed by atoms with E-state index in [9.17, 15) is 9.59 Å². The van der Waals surface area contributed by atoms with Crippen LogP contribution in [0.15, 0.2) is 0 Å². The molecule has 4 aliphatic rings. The van der Waals surface area contributed by atoms with Crippen molar-refractivity contribution >= 4 is 12.0 Å². The number of hydrogen-bond acceptors (Lipinski definition) is 4. The SMILES string of the molecule is CCOC(=O)N1C2CCC1CC(N1CCC(F)(C(=O)NC3(C)CCC3)CC1)C2. The number of likely N-dealkylation sites (tertiary alicyclic amines) is 1. The fourth-order valence-electron chi connectivity index (χ4n) is 5.63. The van der Waals surface area contributed by atoms with Crippen molar-refractivity contribution in [3.63, 3.8) is 0 Å². The van der Waals surface area contributed by atoms with Gasteiger partial charge in [-0.1, -0.05) is 0 Å². The Morgan fingerprint density at radius 2 is 1.68 bits per heavy atom. The second-order valence-electron chi connectivity index (χ2n) is 9.49. The maximum absolute atomic E-state index is 15.3. The van der Waals surface area contributed by atoms with E-state index in [2.05, 4.69) is 10.2 Å². The van der Waals surface area contributed by atoms with E-state index in [1.54, 1.807) is 0 Å². The first kappa shape index (κ1) is 19.9. The highest BCUT2D eigenvalue weighted by atomic mass is 19.1. The molecule has 158 valence electrons. The molecule has 1 N–H and O–H groups in total. The van der Waals surface area contributed by atoms with Crippen LogP contribution in [0.4, 0.5) is 9.18 Å². The second-order valence-corrected chi connectivity index (χ2v) is 9.49. The Morgan fingerprint density at radius 3 is 2.18 bits per heavy atom. The fraction of sp³-hybridized carbons (Fsp3) is 0.905. The molecular weight excluding hydrogens is 361 g/mol. The highest BCUT2D eigenvalue weighted by molar-refractivity contribution is 5.86. The van der Waals surface area contributed by atoms with Crippen molar-refractivity contribution in [2.24, 2.45) is 0 Å². The number of nitrogens with one attached hydrogen (secondary N) is 1. The molecule has 3 aliphatic heterocycles. The summed E-state index contributed by atoms with van der Waals surface area (Å²) in [5, 5.41) is 2.96. The van der Waals surface area contributed by atoms with Gasteiger partial charge in [-0.2, -0.15) is 0 Å². The minimum absolute atomic E-state index is 0.184. The van der Waals surface area contributed by atoms with Crippen molar-refractivity contribution in [1.82, 2.24) is 15.1 Å². The van der Waals surface area contributed by atoms with Crippen LogP contribution in [0.3, 0.4) is 0 Å². The van der Waals surface area contributed by atoms with Crippen molar-refractivity contribution in [1.29, 1.82) is 0 Å². The van der Waals surface area contributed by atoms with Crippen LogP contribution in [0.1, 0.15) is 71.6 Å². The average Bonchev–Trinajstić information content (AvgIpc) is 2.91. The molecule has 0 radical (unpaired) electrons. The van der Waals surface area contributed by atoms with Crippen LogP contribution in [0, 0.1) is 0 Å². The number of carbonyl (C=O) groups excluding carboxylic acids is 2. The predicted octanol–water partition coefficient (Wildman–Crippen LogP) is 3.00. The first-order valence-electron chi connectivity index (χ1n) is 11.0. The van der Waals surface area contributed by atoms with Crippen LogP contribution >= 0.6 is 0 Å². The van der Waals surface area contributed by atoms with Gasteiger partial charge < -0.3 is 15.0 Å². The molecular formula is C21H34FN3O3. The van der Waals surface area contributed by atoms with Crippen molar-refractivity contribution in [2.45, 2.75) is 101 Å². The molecule has 4 fully saturated rings. The first-order valence-corrected chi connectivity index (χ1v) is 11.0. The number of carbonyl (C=O) groups is 2. The van der Waals surface area contributed by atoms with Gasteiger partial charge in [-0.25, -0.2) is 9.18 Å². The van der Waals surface area contributed by atoms with E-state index in [1.807, 2.05) is 18.7 Å². The normalized spacial score (nSPS) is 33.8. The maximum Gasteiger partial charge on any atom is 0.410 e. The number of nitrogens with zero attached hydrogens (tertiary/aromatic N) is 2. The lowest BCUT2D eigenvalue weighted by Crippen LogP contribution is -2.60. The number of amides is 2. The molecule has 1 saturated carbocycles. The monoisotopic (exact) mass is 395 g/mol. The Kier molecular flexibility index (Phi) is 5.31. The maximum atomic E-state index is 15.3. The number of rotatable bonds is 4. The smallest absolute Gasteiger partial charge is 0.410 e. The largest absolute Gasteiger partial charge is 0.450 e. The summed E-state index contributed by atoms with van der Waals surface area (Å²) in [6.45, 7) is 5.49. The Balaban J connectivity index is 1.31. The lowest BCUT2D eigenvalue weighted by Gasteiger charge is -2.46. The van der Waals surface area contributed by atoms with E-state index in [4.69, 9.17) is 4.74 Å². The van der Waals surface area contributed by atoms with Gasteiger partial charge >= 0.3 is 6.09 Å². The second kappa shape index (κ2) is 7.47. The molecule has 0 aromatic heterocycles. The molecule has 2 amide bonds. The van der Waals surface area contributed by atoms with Gasteiger partial charge in [0.15, 0.2) is 5.67 Å². The van der Waals surface area contributed by atoms with E-state index in [-0.39, 0.29) is 36.6 Å².